The Labute approximate surface area is 104 Å². The van der Waals surface area contributed by atoms with Crippen molar-refractivity contribution in [1.29, 1.82) is 0 Å². The first kappa shape index (κ1) is 14.4. The molecular formula is C12H16F2N2O2. The predicted octanol–water partition coefficient (Wildman–Crippen LogP) is 1.49. The average Bonchev–Trinajstić information content (AvgIpc) is 2.27. The molecule has 1 aromatic rings. The number of carbonyl (C=O) groups excluding carboxylic acids is 1. The Morgan fingerprint density at radius 1 is 1.39 bits per heavy atom. The smallest absolute Gasteiger partial charge is 0.251 e. The molecule has 0 bridgehead atoms. The second-order valence-electron chi connectivity index (χ2n) is 4.85. The van der Waals surface area contributed by atoms with Gasteiger partial charge in [0.15, 0.2) is 0 Å². The molecule has 4 nitrogen and oxygen atoms in total. The van der Waals surface area contributed by atoms with Crippen LogP contribution < -0.4 is 11.1 Å². The number of nitrogens with two attached hydrogens (primary N) is 1. The molecule has 0 aliphatic heterocycles. The molecule has 1 amide bonds. The van der Waals surface area contributed by atoms with Crippen LogP contribution in [0.25, 0.3) is 0 Å². The third kappa shape index (κ3) is 3.40. The molecule has 0 heterocycles. The van der Waals surface area contributed by atoms with E-state index >= 15 is 0 Å². The standard InChI is InChI=1S/C12H16F2N2O2/c1-12(2,6-17)5-16-10-3-7(11(15)18)8(13)4-9(10)14/h3-4,16-17H,5-6H2,1-2H3,(H2,15,18). The highest BCUT2D eigenvalue weighted by molar-refractivity contribution is 5.94. The van der Waals surface area contributed by atoms with Gasteiger partial charge < -0.3 is 16.2 Å². The summed E-state index contributed by atoms with van der Waals surface area (Å²) in [6.07, 6.45) is 0. The summed E-state index contributed by atoms with van der Waals surface area (Å²) < 4.78 is 26.7. The average molecular weight is 258 g/mol. The lowest BCUT2D eigenvalue weighted by atomic mass is 9.95. The number of nitrogens with one attached hydrogen (secondary N) is 1. The minimum Gasteiger partial charge on any atom is -0.396 e. The highest BCUT2D eigenvalue weighted by Gasteiger charge is 2.18. The first-order chi connectivity index (χ1) is 8.26. The third-order valence-electron chi connectivity index (χ3n) is 2.51. The van der Waals surface area contributed by atoms with Gasteiger partial charge in [0.1, 0.15) is 11.6 Å². The number of benzene rings is 1. The number of carbonyl (C=O) groups is 1. The highest BCUT2D eigenvalue weighted by Crippen LogP contribution is 2.21. The van der Waals surface area contributed by atoms with Crippen molar-refractivity contribution in [2.45, 2.75) is 13.8 Å². The molecule has 6 heteroatoms. The van der Waals surface area contributed by atoms with Gasteiger partial charge in [0.2, 0.25) is 0 Å². The Kier molecular flexibility index (Phi) is 4.24. The molecule has 1 aromatic carbocycles. The second kappa shape index (κ2) is 5.30. The maximum Gasteiger partial charge on any atom is 0.251 e. The number of amides is 1. The number of rotatable bonds is 5. The molecule has 0 spiro atoms. The molecule has 0 radical (unpaired) electrons. The van der Waals surface area contributed by atoms with Crippen LogP contribution >= 0.6 is 0 Å². The summed E-state index contributed by atoms with van der Waals surface area (Å²) >= 11 is 0. The number of primary amides is 1. The molecule has 0 fully saturated rings. The number of hydrogen-bond donors (Lipinski definition) is 3. The summed E-state index contributed by atoms with van der Waals surface area (Å²) in [4.78, 5) is 10.9. The van der Waals surface area contributed by atoms with Crippen molar-refractivity contribution in [2.24, 2.45) is 11.1 Å². The zero-order valence-corrected chi connectivity index (χ0v) is 10.3. The van der Waals surface area contributed by atoms with Crippen LogP contribution in [0.5, 0.6) is 0 Å². The lowest BCUT2D eigenvalue weighted by Crippen LogP contribution is -2.27. The van der Waals surface area contributed by atoms with Crippen molar-refractivity contribution < 1.29 is 18.7 Å². The largest absolute Gasteiger partial charge is 0.396 e. The third-order valence-corrected chi connectivity index (χ3v) is 2.51. The normalized spacial score (nSPS) is 11.4. The summed E-state index contributed by atoms with van der Waals surface area (Å²) in [6.45, 7) is 3.72. The van der Waals surface area contributed by atoms with Gasteiger partial charge in [-0.1, -0.05) is 13.8 Å². The van der Waals surface area contributed by atoms with Crippen molar-refractivity contribution in [2.75, 3.05) is 18.5 Å². The topological polar surface area (TPSA) is 75.3 Å². The van der Waals surface area contributed by atoms with Gasteiger partial charge in [0, 0.05) is 24.6 Å². The van der Waals surface area contributed by atoms with Crippen LogP contribution in [-0.4, -0.2) is 24.2 Å². The molecule has 0 saturated heterocycles. The molecule has 0 aromatic heterocycles. The van der Waals surface area contributed by atoms with Gasteiger partial charge in [-0.05, 0) is 6.07 Å². The van der Waals surface area contributed by atoms with E-state index in [1.165, 1.54) is 0 Å². The van der Waals surface area contributed by atoms with Gasteiger partial charge in [-0.3, -0.25) is 4.79 Å². The van der Waals surface area contributed by atoms with Crippen molar-refractivity contribution in [3.63, 3.8) is 0 Å². The fraction of sp³-hybridized carbons (Fsp3) is 0.417. The molecule has 100 valence electrons. The quantitative estimate of drug-likeness (QED) is 0.749. The minimum absolute atomic E-state index is 0.0216. The summed E-state index contributed by atoms with van der Waals surface area (Å²) in [7, 11) is 0. The van der Waals surface area contributed by atoms with E-state index in [0.29, 0.717) is 6.07 Å². The van der Waals surface area contributed by atoms with Crippen LogP contribution in [0.3, 0.4) is 0 Å². The van der Waals surface area contributed by atoms with Gasteiger partial charge in [0.05, 0.1) is 11.3 Å². The Morgan fingerprint density at radius 3 is 2.50 bits per heavy atom. The first-order valence-corrected chi connectivity index (χ1v) is 5.40. The van der Waals surface area contributed by atoms with Crippen LogP contribution in [0, 0.1) is 17.0 Å². The van der Waals surface area contributed by atoms with Gasteiger partial charge in [-0.15, -0.1) is 0 Å². The lowest BCUT2D eigenvalue weighted by molar-refractivity contribution is 0.0996. The molecule has 1 rings (SSSR count). The fourth-order valence-electron chi connectivity index (χ4n) is 1.26. The van der Waals surface area contributed by atoms with E-state index in [1.54, 1.807) is 13.8 Å². The Balaban J connectivity index is 2.96. The van der Waals surface area contributed by atoms with E-state index in [1.807, 2.05) is 0 Å². The molecule has 18 heavy (non-hydrogen) atoms. The SMILES string of the molecule is CC(C)(CO)CNc1cc(C(N)=O)c(F)cc1F. The Morgan fingerprint density at radius 2 is 2.00 bits per heavy atom. The summed E-state index contributed by atoms with van der Waals surface area (Å²) in [6, 6.07) is 1.63. The molecule has 0 aliphatic carbocycles. The van der Waals surface area contributed by atoms with E-state index in [0.717, 1.165) is 6.07 Å². The maximum atomic E-state index is 13.5. The van der Waals surface area contributed by atoms with Crippen molar-refractivity contribution in [3.8, 4) is 0 Å². The van der Waals surface area contributed by atoms with E-state index in [2.05, 4.69) is 5.32 Å². The first-order valence-electron chi connectivity index (χ1n) is 5.40. The fourth-order valence-corrected chi connectivity index (χ4v) is 1.26. The highest BCUT2D eigenvalue weighted by atomic mass is 19.1. The maximum absolute atomic E-state index is 13.5. The predicted molar refractivity (Wildman–Crippen MR) is 64.2 cm³/mol. The van der Waals surface area contributed by atoms with Crippen molar-refractivity contribution in [1.82, 2.24) is 0 Å². The zero-order valence-electron chi connectivity index (χ0n) is 10.3. The van der Waals surface area contributed by atoms with Crippen molar-refractivity contribution >= 4 is 11.6 Å². The summed E-state index contributed by atoms with van der Waals surface area (Å²) in [5, 5.41) is 11.8. The van der Waals surface area contributed by atoms with Crippen molar-refractivity contribution in [3.05, 3.63) is 29.3 Å². The van der Waals surface area contributed by atoms with Gasteiger partial charge in [-0.25, -0.2) is 8.78 Å². The van der Waals surface area contributed by atoms with E-state index in [-0.39, 0.29) is 24.4 Å². The minimum atomic E-state index is -0.994. The van der Waals surface area contributed by atoms with Crippen LogP contribution in [0.15, 0.2) is 12.1 Å². The molecule has 4 N–H and O–H groups in total. The van der Waals surface area contributed by atoms with Crippen LogP contribution in [0.4, 0.5) is 14.5 Å². The monoisotopic (exact) mass is 258 g/mol. The number of hydrogen-bond acceptors (Lipinski definition) is 3. The van der Waals surface area contributed by atoms with Gasteiger partial charge in [0.25, 0.3) is 5.91 Å². The van der Waals surface area contributed by atoms with Crippen LogP contribution in [0.2, 0.25) is 0 Å². The van der Waals surface area contributed by atoms with Crippen LogP contribution in [0.1, 0.15) is 24.2 Å². The molecule has 0 unspecified atom stereocenters. The van der Waals surface area contributed by atoms with Gasteiger partial charge in [-0.2, -0.15) is 0 Å². The number of anilines is 1. The molecular weight excluding hydrogens is 242 g/mol. The number of aliphatic hydroxyl groups excluding tert-OH is 1. The number of aliphatic hydroxyl groups is 1. The van der Waals surface area contributed by atoms with Gasteiger partial charge >= 0.3 is 0 Å². The lowest BCUT2D eigenvalue weighted by Gasteiger charge is -2.23. The van der Waals surface area contributed by atoms with E-state index in [4.69, 9.17) is 10.8 Å². The Bertz CT molecular complexity index is 462. The zero-order chi connectivity index (χ0) is 13.9. The molecule has 0 atom stereocenters. The second-order valence-corrected chi connectivity index (χ2v) is 4.85. The van der Waals surface area contributed by atoms with E-state index in [9.17, 15) is 13.6 Å². The van der Waals surface area contributed by atoms with Crippen LogP contribution in [-0.2, 0) is 0 Å². The number of halogens is 2. The summed E-state index contributed by atoms with van der Waals surface area (Å²) in [5.41, 5.74) is 4.11. The summed E-state index contributed by atoms with van der Waals surface area (Å²) in [5.74, 6) is -2.77. The van der Waals surface area contributed by atoms with E-state index < -0.39 is 23.0 Å². The molecule has 0 saturated carbocycles. The molecule has 0 aliphatic rings. The Hall–Kier alpha value is -1.69.